The van der Waals surface area contributed by atoms with Gasteiger partial charge in [-0.05, 0) is 61.0 Å². The van der Waals surface area contributed by atoms with Crippen LogP contribution in [0.5, 0.6) is 5.75 Å². The van der Waals surface area contributed by atoms with Crippen molar-refractivity contribution in [2.24, 2.45) is 11.7 Å². The monoisotopic (exact) mass is 353 g/mol. The minimum Gasteiger partial charge on any atom is -0.492 e. The Balaban J connectivity index is 2.00. The maximum absolute atomic E-state index is 14.4. The number of fused-ring (bicyclic) bond motifs is 1. The molecule has 0 fully saturated rings. The number of hydrogen-bond acceptors (Lipinski definition) is 3. The van der Waals surface area contributed by atoms with Crippen molar-refractivity contribution in [3.05, 3.63) is 29.1 Å². The summed E-state index contributed by atoms with van der Waals surface area (Å²) in [5.74, 6) is 0.767. The van der Waals surface area contributed by atoms with Gasteiger partial charge < -0.3 is 14.9 Å². The molecule has 0 aromatic heterocycles. The Labute approximate surface area is 146 Å². The molecule has 0 aliphatic heterocycles. The van der Waals surface area contributed by atoms with Gasteiger partial charge in [-0.1, -0.05) is 20.8 Å². The molecule has 1 aromatic carbocycles. The fraction of sp³-hybridized carbons (Fsp3) is 0.684. The second kappa shape index (κ2) is 7.14. The van der Waals surface area contributed by atoms with Crippen molar-refractivity contribution >= 4 is 8.32 Å². The normalized spacial score (nSPS) is 19.2. The number of hydrogen-bond donors (Lipinski definition) is 1. The predicted octanol–water partition coefficient (Wildman–Crippen LogP) is 4.29. The van der Waals surface area contributed by atoms with E-state index in [0.29, 0.717) is 24.9 Å². The van der Waals surface area contributed by atoms with E-state index in [4.69, 9.17) is 14.9 Å². The molecule has 0 amide bonds. The second-order valence-corrected chi connectivity index (χ2v) is 13.5. The molecule has 3 nitrogen and oxygen atoms in total. The van der Waals surface area contributed by atoms with Gasteiger partial charge in [-0.15, -0.1) is 0 Å². The van der Waals surface area contributed by atoms with Crippen molar-refractivity contribution in [2.75, 3.05) is 13.2 Å². The molecule has 0 heterocycles. The first-order valence-corrected chi connectivity index (χ1v) is 11.7. The van der Waals surface area contributed by atoms with Gasteiger partial charge in [0.1, 0.15) is 18.2 Å². The number of nitrogens with two attached hydrogens (primary N) is 1. The molecule has 2 N–H and O–H groups in total. The van der Waals surface area contributed by atoms with Crippen LogP contribution in [0, 0.1) is 11.7 Å². The van der Waals surface area contributed by atoms with Crippen molar-refractivity contribution in [2.45, 2.75) is 64.7 Å². The molecule has 1 aliphatic carbocycles. The highest BCUT2D eigenvalue weighted by Crippen LogP contribution is 2.38. The van der Waals surface area contributed by atoms with E-state index in [1.54, 1.807) is 0 Å². The summed E-state index contributed by atoms with van der Waals surface area (Å²) >= 11 is 0. The van der Waals surface area contributed by atoms with Crippen molar-refractivity contribution in [1.29, 1.82) is 0 Å². The maximum atomic E-state index is 14.4. The van der Waals surface area contributed by atoms with Crippen molar-refractivity contribution in [3.8, 4) is 5.75 Å². The first-order valence-electron chi connectivity index (χ1n) is 8.83. The summed E-state index contributed by atoms with van der Waals surface area (Å²) in [5, 5.41) is 0.198. The molecule has 0 radical (unpaired) electrons. The molecular weight excluding hydrogens is 321 g/mol. The number of benzene rings is 1. The summed E-state index contributed by atoms with van der Waals surface area (Å²) in [6.07, 6.45) is 1.61. The summed E-state index contributed by atoms with van der Waals surface area (Å²) < 4.78 is 26.3. The highest BCUT2D eigenvalue weighted by molar-refractivity contribution is 6.74. The lowest BCUT2D eigenvalue weighted by Gasteiger charge is -2.37. The third-order valence-electron chi connectivity index (χ3n) is 5.26. The fourth-order valence-electron chi connectivity index (χ4n) is 2.72. The molecule has 2 atom stereocenters. The van der Waals surface area contributed by atoms with Crippen molar-refractivity contribution in [1.82, 2.24) is 0 Å². The summed E-state index contributed by atoms with van der Waals surface area (Å²) in [4.78, 5) is 0. The van der Waals surface area contributed by atoms with Crippen LogP contribution >= 0.6 is 0 Å². The van der Waals surface area contributed by atoms with E-state index in [-0.39, 0.29) is 16.9 Å². The van der Waals surface area contributed by atoms with E-state index in [0.717, 1.165) is 24.0 Å². The van der Waals surface area contributed by atoms with Crippen LogP contribution < -0.4 is 10.5 Å². The Morgan fingerprint density at radius 1 is 1.29 bits per heavy atom. The van der Waals surface area contributed by atoms with E-state index >= 15 is 0 Å². The second-order valence-electron chi connectivity index (χ2n) is 8.68. The molecule has 2 rings (SSSR count). The highest BCUT2D eigenvalue weighted by atomic mass is 28.4. The zero-order valence-corrected chi connectivity index (χ0v) is 16.9. The summed E-state index contributed by atoms with van der Waals surface area (Å²) in [5.41, 5.74) is 7.58. The van der Waals surface area contributed by atoms with Gasteiger partial charge in [-0.25, -0.2) is 4.39 Å². The lowest BCUT2D eigenvalue weighted by atomic mass is 10.1. The van der Waals surface area contributed by atoms with E-state index in [9.17, 15) is 4.39 Å². The largest absolute Gasteiger partial charge is 0.492 e. The summed E-state index contributed by atoms with van der Waals surface area (Å²) in [6, 6.07) is 3.39. The van der Waals surface area contributed by atoms with Gasteiger partial charge in [0.25, 0.3) is 0 Å². The first kappa shape index (κ1) is 19.4. The molecule has 0 spiro atoms. The molecule has 24 heavy (non-hydrogen) atoms. The smallest absolute Gasteiger partial charge is 0.191 e. The molecule has 136 valence electrons. The van der Waals surface area contributed by atoms with E-state index in [1.807, 2.05) is 13.0 Å². The predicted molar refractivity (Wildman–Crippen MR) is 99.6 cm³/mol. The Hall–Kier alpha value is -0.913. The van der Waals surface area contributed by atoms with Crippen LogP contribution in [0.2, 0.25) is 18.1 Å². The number of halogens is 1. The molecule has 2 unspecified atom stereocenters. The van der Waals surface area contributed by atoms with E-state index in [2.05, 4.69) is 33.9 Å². The van der Waals surface area contributed by atoms with Gasteiger partial charge in [-0.2, -0.15) is 0 Å². The fourth-order valence-corrected chi connectivity index (χ4v) is 3.81. The van der Waals surface area contributed by atoms with Crippen LogP contribution in [0.15, 0.2) is 12.1 Å². The Bertz CT molecular complexity index is 581. The van der Waals surface area contributed by atoms with E-state index < -0.39 is 8.32 Å². The van der Waals surface area contributed by atoms with Crippen LogP contribution in [-0.2, 0) is 17.3 Å². The van der Waals surface area contributed by atoms with Crippen molar-refractivity contribution < 1.29 is 13.6 Å². The Morgan fingerprint density at radius 2 is 1.96 bits per heavy atom. The van der Waals surface area contributed by atoms with Gasteiger partial charge in [-0.3, -0.25) is 0 Å². The standard InChI is InChI=1S/C19H32FNO2Si/c1-13(21)11-22-16-9-15-7-14(8-17(15)18(20)10-16)12-23-24(5,6)19(2,3)4/h9-10,13-14H,7-8,11-12,21H2,1-6H3. The van der Waals surface area contributed by atoms with Crippen LogP contribution in [0.4, 0.5) is 4.39 Å². The average molecular weight is 354 g/mol. The van der Waals surface area contributed by atoms with Crippen LogP contribution in [0.3, 0.4) is 0 Å². The lowest BCUT2D eigenvalue weighted by molar-refractivity contribution is 0.232. The molecule has 1 aliphatic rings. The molecule has 0 bridgehead atoms. The zero-order chi connectivity index (χ0) is 18.1. The maximum Gasteiger partial charge on any atom is 0.191 e. The zero-order valence-electron chi connectivity index (χ0n) is 15.9. The molecular formula is C19H32FNO2Si. The quantitative estimate of drug-likeness (QED) is 0.776. The molecule has 1 aromatic rings. The van der Waals surface area contributed by atoms with Crippen LogP contribution in [0.25, 0.3) is 0 Å². The van der Waals surface area contributed by atoms with E-state index in [1.165, 1.54) is 6.07 Å². The minimum absolute atomic E-state index is 0.0629. The SMILES string of the molecule is CC(N)COc1cc(F)c2c(c1)CC(CO[Si](C)(C)C(C)(C)C)C2. The summed E-state index contributed by atoms with van der Waals surface area (Å²) in [6.45, 7) is 14.2. The minimum atomic E-state index is -1.76. The molecule has 0 saturated heterocycles. The summed E-state index contributed by atoms with van der Waals surface area (Å²) in [7, 11) is -1.76. The number of rotatable bonds is 6. The lowest BCUT2D eigenvalue weighted by Crippen LogP contribution is -2.42. The average Bonchev–Trinajstić information content (AvgIpc) is 2.85. The van der Waals surface area contributed by atoms with Gasteiger partial charge in [0.15, 0.2) is 8.32 Å². The number of ether oxygens (including phenoxy) is 1. The first-order chi connectivity index (χ1) is 11.0. The van der Waals surface area contributed by atoms with Gasteiger partial charge in [0.05, 0.1) is 0 Å². The van der Waals surface area contributed by atoms with Gasteiger partial charge in [0, 0.05) is 18.7 Å². The van der Waals surface area contributed by atoms with Gasteiger partial charge in [0.2, 0.25) is 0 Å². The van der Waals surface area contributed by atoms with Crippen LogP contribution in [-0.4, -0.2) is 27.6 Å². The Morgan fingerprint density at radius 3 is 2.54 bits per heavy atom. The van der Waals surface area contributed by atoms with Gasteiger partial charge >= 0.3 is 0 Å². The molecule has 5 heteroatoms. The molecule has 0 saturated carbocycles. The topological polar surface area (TPSA) is 44.5 Å². The Kier molecular flexibility index (Phi) is 5.78. The highest BCUT2D eigenvalue weighted by Gasteiger charge is 2.38. The van der Waals surface area contributed by atoms with Crippen molar-refractivity contribution in [3.63, 3.8) is 0 Å². The third-order valence-corrected chi connectivity index (χ3v) is 9.76. The third kappa shape index (κ3) is 4.58. The van der Waals surface area contributed by atoms with Crippen LogP contribution in [0.1, 0.15) is 38.8 Å².